The fourth-order valence-electron chi connectivity index (χ4n) is 2.39. The Morgan fingerprint density at radius 1 is 0.467 bits per heavy atom. The standard InChI is InChI=1S/C22H13Cl3N2O3/c23-14-1-7-17(8-2-14)28-20-13-21(29-18-9-3-15(24)4-10-18)27-22(26-20)30-19-11-5-16(25)6-12-19/h1-13H. The molecule has 0 spiro atoms. The average Bonchev–Trinajstić information content (AvgIpc) is 2.73. The van der Waals surface area contributed by atoms with Crippen molar-refractivity contribution in [2.24, 2.45) is 0 Å². The zero-order chi connectivity index (χ0) is 20.9. The normalized spacial score (nSPS) is 10.5. The highest BCUT2D eigenvalue weighted by atomic mass is 35.5. The Morgan fingerprint density at radius 2 is 0.800 bits per heavy atom. The van der Waals surface area contributed by atoms with E-state index in [0.717, 1.165) is 0 Å². The quantitative estimate of drug-likeness (QED) is 0.294. The highest BCUT2D eigenvalue weighted by Crippen LogP contribution is 2.30. The number of hydrogen-bond donors (Lipinski definition) is 0. The number of benzene rings is 3. The third-order valence-electron chi connectivity index (χ3n) is 3.75. The molecule has 0 saturated carbocycles. The molecule has 1 aromatic heterocycles. The molecule has 0 aliphatic rings. The van der Waals surface area contributed by atoms with Crippen LogP contribution in [-0.2, 0) is 0 Å². The zero-order valence-corrected chi connectivity index (χ0v) is 17.5. The molecule has 3 aromatic carbocycles. The van der Waals surface area contributed by atoms with Crippen molar-refractivity contribution in [3.63, 3.8) is 0 Å². The summed E-state index contributed by atoms with van der Waals surface area (Å²) in [5.74, 6) is 2.09. The molecule has 30 heavy (non-hydrogen) atoms. The van der Waals surface area contributed by atoms with Gasteiger partial charge in [0.05, 0.1) is 6.07 Å². The fourth-order valence-corrected chi connectivity index (χ4v) is 2.77. The highest BCUT2D eigenvalue weighted by molar-refractivity contribution is 6.31. The van der Waals surface area contributed by atoms with Crippen LogP contribution >= 0.6 is 34.8 Å². The van der Waals surface area contributed by atoms with Crippen LogP contribution in [0.2, 0.25) is 15.1 Å². The third-order valence-corrected chi connectivity index (χ3v) is 4.51. The molecular formula is C22H13Cl3N2O3. The monoisotopic (exact) mass is 458 g/mol. The summed E-state index contributed by atoms with van der Waals surface area (Å²) in [6.45, 7) is 0. The summed E-state index contributed by atoms with van der Waals surface area (Å²) in [5.41, 5.74) is 0. The summed E-state index contributed by atoms with van der Waals surface area (Å²) in [6, 6.07) is 22.2. The van der Waals surface area contributed by atoms with Crippen LogP contribution in [0.3, 0.4) is 0 Å². The Balaban J connectivity index is 1.64. The first-order chi connectivity index (χ1) is 14.5. The lowest BCUT2D eigenvalue weighted by Crippen LogP contribution is -1.98. The van der Waals surface area contributed by atoms with E-state index in [9.17, 15) is 0 Å². The van der Waals surface area contributed by atoms with E-state index in [1.807, 2.05) is 0 Å². The lowest BCUT2D eigenvalue weighted by molar-refractivity contribution is 0.387. The molecule has 0 radical (unpaired) electrons. The molecular weight excluding hydrogens is 447 g/mol. The summed E-state index contributed by atoms with van der Waals surface area (Å²) in [4.78, 5) is 8.60. The van der Waals surface area contributed by atoms with Crippen LogP contribution in [-0.4, -0.2) is 9.97 Å². The van der Waals surface area contributed by atoms with Crippen molar-refractivity contribution in [1.29, 1.82) is 0 Å². The fraction of sp³-hybridized carbons (Fsp3) is 0. The van der Waals surface area contributed by atoms with Crippen molar-refractivity contribution in [2.45, 2.75) is 0 Å². The molecule has 0 fully saturated rings. The molecule has 0 unspecified atom stereocenters. The van der Waals surface area contributed by atoms with Gasteiger partial charge in [-0.15, -0.1) is 0 Å². The Bertz CT molecular complexity index is 977. The van der Waals surface area contributed by atoms with Crippen molar-refractivity contribution in [3.05, 3.63) is 93.9 Å². The maximum Gasteiger partial charge on any atom is 0.328 e. The summed E-state index contributed by atoms with van der Waals surface area (Å²) in [6.07, 6.45) is 0. The van der Waals surface area contributed by atoms with Gasteiger partial charge >= 0.3 is 6.01 Å². The number of hydrogen-bond acceptors (Lipinski definition) is 5. The van der Waals surface area contributed by atoms with Gasteiger partial charge in [0.25, 0.3) is 0 Å². The molecule has 8 heteroatoms. The van der Waals surface area contributed by atoms with Gasteiger partial charge in [0.2, 0.25) is 11.8 Å². The van der Waals surface area contributed by atoms with Crippen LogP contribution in [0.5, 0.6) is 35.0 Å². The van der Waals surface area contributed by atoms with Crippen LogP contribution < -0.4 is 14.2 Å². The minimum absolute atomic E-state index is 0.0488. The second kappa shape index (κ2) is 9.22. The predicted molar refractivity (Wildman–Crippen MR) is 117 cm³/mol. The van der Waals surface area contributed by atoms with Crippen LogP contribution in [0.4, 0.5) is 0 Å². The topological polar surface area (TPSA) is 53.5 Å². The summed E-state index contributed by atoms with van der Waals surface area (Å²) in [7, 11) is 0. The van der Waals surface area contributed by atoms with Crippen LogP contribution in [0, 0.1) is 0 Å². The molecule has 0 aliphatic heterocycles. The third kappa shape index (κ3) is 5.54. The molecule has 0 aliphatic carbocycles. The molecule has 1 heterocycles. The molecule has 0 amide bonds. The Morgan fingerprint density at radius 3 is 1.17 bits per heavy atom. The first kappa shape index (κ1) is 20.3. The van der Waals surface area contributed by atoms with E-state index in [1.54, 1.807) is 78.9 Å². The van der Waals surface area contributed by atoms with Crippen LogP contribution in [0.1, 0.15) is 0 Å². The lowest BCUT2D eigenvalue weighted by Gasteiger charge is -2.11. The number of aromatic nitrogens is 2. The second-order valence-electron chi connectivity index (χ2n) is 5.99. The highest BCUT2D eigenvalue weighted by Gasteiger charge is 2.11. The Kier molecular flexibility index (Phi) is 6.23. The van der Waals surface area contributed by atoms with E-state index in [0.29, 0.717) is 32.3 Å². The van der Waals surface area contributed by atoms with Crippen LogP contribution in [0.25, 0.3) is 0 Å². The van der Waals surface area contributed by atoms with Gasteiger partial charge in [0, 0.05) is 15.1 Å². The summed E-state index contributed by atoms with van der Waals surface area (Å²) in [5, 5.41) is 1.79. The van der Waals surface area contributed by atoms with Crippen molar-refractivity contribution >= 4 is 34.8 Å². The minimum Gasteiger partial charge on any atom is -0.439 e. The van der Waals surface area contributed by atoms with E-state index < -0.39 is 0 Å². The van der Waals surface area contributed by atoms with E-state index in [1.165, 1.54) is 0 Å². The summed E-state index contributed by atoms with van der Waals surface area (Å²) >= 11 is 17.8. The lowest BCUT2D eigenvalue weighted by atomic mass is 10.3. The molecule has 0 saturated heterocycles. The molecule has 0 bridgehead atoms. The zero-order valence-electron chi connectivity index (χ0n) is 15.3. The van der Waals surface area contributed by atoms with Crippen molar-refractivity contribution in [3.8, 4) is 35.0 Å². The van der Waals surface area contributed by atoms with E-state index >= 15 is 0 Å². The van der Waals surface area contributed by atoms with Gasteiger partial charge < -0.3 is 14.2 Å². The van der Waals surface area contributed by atoms with Gasteiger partial charge in [-0.25, -0.2) is 0 Å². The Hall–Kier alpha value is -2.99. The largest absolute Gasteiger partial charge is 0.439 e. The molecule has 5 nitrogen and oxygen atoms in total. The van der Waals surface area contributed by atoms with E-state index in [4.69, 9.17) is 49.0 Å². The SMILES string of the molecule is Clc1ccc(Oc2cc(Oc3ccc(Cl)cc3)nc(Oc3ccc(Cl)cc3)n2)cc1. The first-order valence-corrected chi connectivity index (χ1v) is 9.86. The average molecular weight is 460 g/mol. The number of halogens is 3. The molecule has 0 N–H and O–H groups in total. The first-order valence-electron chi connectivity index (χ1n) is 8.73. The molecule has 150 valence electrons. The minimum atomic E-state index is 0.0488. The second-order valence-corrected chi connectivity index (χ2v) is 7.30. The van der Waals surface area contributed by atoms with Crippen molar-refractivity contribution < 1.29 is 14.2 Å². The van der Waals surface area contributed by atoms with Gasteiger partial charge in [-0.2, -0.15) is 9.97 Å². The Labute approximate surface area is 187 Å². The van der Waals surface area contributed by atoms with Gasteiger partial charge in [-0.1, -0.05) is 34.8 Å². The molecule has 4 aromatic rings. The smallest absolute Gasteiger partial charge is 0.328 e. The predicted octanol–water partition coefficient (Wildman–Crippen LogP) is 7.81. The van der Waals surface area contributed by atoms with Crippen molar-refractivity contribution in [1.82, 2.24) is 9.97 Å². The van der Waals surface area contributed by atoms with Gasteiger partial charge in [0.1, 0.15) is 17.2 Å². The van der Waals surface area contributed by atoms with Gasteiger partial charge in [-0.05, 0) is 72.8 Å². The van der Waals surface area contributed by atoms with Gasteiger partial charge in [0.15, 0.2) is 0 Å². The van der Waals surface area contributed by atoms with Crippen molar-refractivity contribution in [2.75, 3.05) is 0 Å². The molecule has 4 rings (SSSR count). The summed E-state index contributed by atoms with van der Waals surface area (Å²) < 4.78 is 17.4. The molecule has 0 atom stereocenters. The van der Waals surface area contributed by atoms with Gasteiger partial charge in [-0.3, -0.25) is 0 Å². The number of ether oxygens (including phenoxy) is 3. The maximum absolute atomic E-state index is 5.93. The van der Waals surface area contributed by atoms with Crippen LogP contribution in [0.15, 0.2) is 78.9 Å². The number of nitrogens with zero attached hydrogens (tertiary/aromatic N) is 2. The van der Waals surface area contributed by atoms with E-state index in [2.05, 4.69) is 9.97 Å². The maximum atomic E-state index is 5.93. The van der Waals surface area contributed by atoms with E-state index in [-0.39, 0.29) is 17.8 Å². The number of rotatable bonds is 6.